The smallest absolute Gasteiger partial charge is 0.131 e. The highest BCUT2D eigenvalue weighted by atomic mass is 35.5. The summed E-state index contributed by atoms with van der Waals surface area (Å²) in [7, 11) is 0. The fourth-order valence-corrected chi connectivity index (χ4v) is 0.923. The number of pyridine rings is 1. The molecule has 0 amide bonds. The molecule has 0 aliphatic carbocycles. The molecule has 1 rings (SSSR count). The fraction of sp³-hybridized carbons (Fsp3) is 0.375. The Morgan fingerprint density at radius 2 is 2.42 bits per heavy atom. The van der Waals surface area contributed by atoms with Gasteiger partial charge in [0.25, 0.3) is 0 Å². The van der Waals surface area contributed by atoms with Gasteiger partial charge in [-0.25, -0.2) is 4.98 Å². The number of nitrogens with zero attached hydrogens (tertiary/aromatic N) is 1. The van der Waals surface area contributed by atoms with Gasteiger partial charge in [0, 0.05) is 6.54 Å². The number of anilines is 1. The van der Waals surface area contributed by atoms with Crippen LogP contribution in [-0.4, -0.2) is 22.7 Å². The first-order valence-electron chi connectivity index (χ1n) is 3.73. The summed E-state index contributed by atoms with van der Waals surface area (Å²) in [5.41, 5.74) is 0. The number of hydrogen-bond donors (Lipinski definition) is 2. The largest absolute Gasteiger partial charge is 0.392 e. The third kappa shape index (κ3) is 3.07. The molecule has 0 radical (unpaired) electrons. The second-order valence-corrected chi connectivity index (χ2v) is 2.96. The Hall–Kier alpha value is -0.800. The summed E-state index contributed by atoms with van der Waals surface area (Å²) in [6.07, 6.45) is -0.384. The fourth-order valence-electron chi connectivity index (χ4n) is 0.759. The van der Waals surface area contributed by atoms with E-state index in [9.17, 15) is 0 Å². The zero-order valence-corrected chi connectivity index (χ0v) is 7.54. The van der Waals surface area contributed by atoms with Gasteiger partial charge in [-0.05, 0) is 19.1 Å². The van der Waals surface area contributed by atoms with Crippen molar-refractivity contribution in [2.24, 2.45) is 0 Å². The van der Waals surface area contributed by atoms with Crippen LogP contribution >= 0.6 is 11.6 Å². The zero-order chi connectivity index (χ0) is 8.97. The lowest BCUT2D eigenvalue weighted by Crippen LogP contribution is -2.15. The maximum Gasteiger partial charge on any atom is 0.131 e. The van der Waals surface area contributed by atoms with Crippen LogP contribution in [0.3, 0.4) is 0 Å². The standard InChI is InChI=1S/C8H11ClN2O/c1-6(12)5-10-8-4-2-3-7(9)11-8/h2-4,6,12H,5H2,1H3,(H,10,11)/t6-/m1/s1. The second kappa shape index (κ2) is 4.28. The Morgan fingerprint density at radius 3 is 3.00 bits per heavy atom. The van der Waals surface area contributed by atoms with E-state index in [2.05, 4.69) is 10.3 Å². The maximum absolute atomic E-state index is 8.96. The molecule has 1 aromatic rings. The van der Waals surface area contributed by atoms with E-state index in [-0.39, 0.29) is 6.10 Å². The number of hydrogen-bond acceptors (Lipinski definition) is 3. The van der Waals surface area contributed by atoms with Gasteiger partial charge in [0.05, 0.1) is 6.10 Å². The van der Waals surface area contributed by atoms with Gasteiger partial charge in [-0.15, -0.1) is 0 Å². The van der Waals surface area contributed by atoms with E-state index in [0.717, 1.165) is 0 Å². The van der Waals surface area contributed by atoms with Gasteiger partial charge >= 0.3 is 0 Å². The molecule has 0 aliphatic rings. The van der Waals surface area contributed by atoms with E-state index >= 15 is 0 Å². The molecule has 1 aromatic heterocycles. The molecule has 0 fully saturated rings. The molecule has 3 nitrogen and oxygen atoms in total. The number of aromatic nitrogens is 1. The second-order valence-electron chi connectivity index (χ2n) is 2.58. The van der Waals surface area contributed by atoms with E-state index in [0.29, 0.717) is 17.5 Å². The number of halogens is 1. The third-order valence-corrected chi connectivity index (χ3v) is 1.50. The molecule has 0 bridgehead atoms. The van der Waals surface area contributed by atoms with Crippen molar-refractivity contribution in [1.82, 2.24) is 4.98 Å². The van der Waals surface area contributed by atoms with Crippen LogP contribution in [0.25, 0.3) is 0 Å². The van der Waals surface area contributed by atoms with Crippen LogP contribution in [0.15, 0.2) is 18.2 Å². The zero-order valence-electron chi connectivity index (χ0n) is 6.79. The Labute approximate surface area is 76.4 Å². The lowest BCUT2D eigenvalue weighted by molar-refractivity contribution is 0.208. The van der Waals surface area contributed by atoms with Crippen LogP contribution in [0.1, 0.15) is 6.92 Å². The lowest BCUT2D eigenvalue weighted by Gasteiger charge is -2.06. The van der Waals surface area contributed by atoms with Crippen LogP contribution in [0.4, 0.5) is 5.82 Å². The van der Waals surface area contributed by atoms with E-state index < -0.39 is 0 Å². The third-order valence-electron chi connectivity index (χ3n) is 1.29. The molecule has 4 heteroatoms. The molecule has 0 spiro atoms. The predicted molar refractivity (Wildman–Crippen MR) is 49.4 cm³/mol. The van der Waals surface area contributed by atoms with E-state index in [4.69, 9.17) is 16.7 Å². The number of aliphatic hydroxyl groups is 1. The molecule has 0 aromatic carbocycles. The first-order chi connectivity index (χ1) is 5.68. The molecule has 0 unspecified atom stereocenters. The van der Waals surface area contributed by atoms with E-state index in [1.54, 1.807) is 25.1 Å². The first-order valence-corrected chi connectivity index (χ1v) is 4.11. The summed E-state index contributed by atoms with van der Waals surface area (Å²) >= 11 is 5.65. The molecular weight excluding hydrogens is 176 g/mol. The minimum Gasteiger partial charge on any atom is -0.392 e. The minimum absolute atomic E-state index is 0.384. The highest BCUT2D eigenvalue weighted by Gasteiger charge is 1.96. The summed E-state index contributed by atoms with van der Waals surface area (Å²) in [5, 5.41) is 12.3. The molecule has 0 saturated heterocycles. The van der Waals surface area contributed by atoms with E-state index in [1.807, 2.05) is 0 Å². The van der Waals surface area contributed by atoms with Crippen molar-refractivity contribution in [3.05, 3.63) is 23.4 Å². The van der Waals surface area contributed by atoms with Gasteiger partial charge < -0.3 is 10.4 Å². The Kier molecular flexibility index (Phi) is 3.31. The van der Waals surface area contributed by atoms with Gasteiger partial charge in [0.1, 0.15) is 11.0 Å². The predicted octanol–water partition coefficient (Wildman–Crippen LogP) is 1.53. The molecule has 66 valence electrons. The van der Waals surface area contributed by atoms with Crippen molar-refractivity contribution in [3.8, 4) is 0 Å². The van der Waals surface area contributed by atoms with Crippen LogP contribution in [-0.2, 0) is 0 Å². The summed E-state index contributed by atoms with van der Waals surface area (Å²) in [5.74, 6) is 0.684. The van der Waals surface area contributed by atoms with Gasteiger partial charge in [0.2, 0.25) is 0 Å². The molecule has 12 heavy (non-hydrogen) atoms. The lowest BCUT2D eigenvalue weighted by atomic mass is 10.4. The van der Waals surface area contributed by atoms with Crippen LogP contribution < -0.4 is 5.32 Å². The average Bonchev–Trinajstić information content (AvgIpc) is 2.01. The summed E-state index contributed by atoms with van der Waals surface area (Å²) in [6.45, 7) is 2.19. The highest BCUT2D eigenvalue weighted by molar-refractivity contribution is 6.29. The summed E-state index contributed by atoms with van der Waals surface area (Å²) in [4.78, 5) is 3.99. The summed E-state index contributed by atoms with van der Waals surface area (Å²) in [6, 6.07) is 5.31. The Bertz CT molecular complexity index is 253. The summed E-state index contributed by atoms with van der Waals surface area (Å²) < 4.78 is 0. The normalized spacial score (nSPS) is 12.6. The van der Waals surface area contributed by atoms with Gasteiger partial charge in [-0.3, -0.25) is 0 Å². The Morgan fingerprint density at radius 1 is 1.67 bits per heavy atom. The van der Waals surface area contributed by atoms with Crippen molar-refractivity contribution in [3.63, 3.8) is 0 Å². The number of aliphatic hydroxyl groups excluding tert-OH is 1. The van der Waals surface area contributed by atoms with Gasteiger partial charge in [0.15, 0.2) is 0 Å². The maximum atomic E-state index is 8.96. The minimum atomic E-state index is -0.384. The highest BCUT2D eigenvalue weighted by Crippen LogP contribution is 2.08. The van der Waals surface area contributed by atoms with Crippen molar-refractivity contribution in [1.29, 1.82) is 0 Å². The topological polar surface area (TPSA) is 45.1 Å². The SMILES string of the molecule is C[C@@H](O)CNc1cccc(Cl)n1. The van der Waals surface area contributed by atoms with Crippen molar-refractivity contribution in [2.75, 3.05) is 11.9 Å². The van der Waals surface area contributed by atoms with Crippen LogP contribution in [0.5, 0.6) is 0 Å². The number of nitrogens with one attached hydrogen (secondary N) is 1. The van der Waals surface area contributed by atoms with Crippen molar-refractivity contribution < 1.29 is 5.11 Å². The molecule has 2 N–H and O–H groups in total. The molecule has 1 heterocycles. The van der Waals surface area contributed by atoms with E-state index in [1.165, 1.54) is 0 Å². The average molecular weight is 187 g/mol. The molecule has 0 saturated carbocycles. The monoisotopic (exact) mass is 186 g/mol. The molecule has 0 aliphatic heterocycles. The van der Waals surface area contributed by atoms with Gasteiger partial charge in [-0.1, -0.05) is 17.7 Å². The van der Waals surface area contributed by atoms with Crippen LogP contribution in [0.2, 0.25) is 5.15 Å². The van der Waals surface area contributed by atoms with Crippen molar-refractivity contribution >= 4 is 17.4 Å². The molecule has 1 atom stereocenters. The first kappa shape index (κ1) is 9.29. The quantitative estimate of drug-likeness (QED) is 0.704. The molecular formula is C8H11ClN2O. The van der Waals surface area contributed by atoms with Crippen LogP contribution in [0, 0.1) is 0 Å². The van der Waals surface area contributed by atoms with Gasteiger partial charge in [-0.2, -0.15) is 0 Å². The number of rotatable bonds is 3. The van der Waals surface area contributed by atoms with Crippen molar-refractivity contribution in [2.45, 2.75) is 13.0 Å². The Balaban J connectivity index is 2.52.